The van der Waals surface area contributed by atoms with Gasteiger partial charge >= 0.3 is 6.18 Å². The SMILES string of the molecule is Cc1ccc([C@H](CC(F)(F)F)N2CCNCC2)cc1F.Cl. The van der Waals surface area contributed by atoms with Crippen molar-refractivity contribution in [1.29, 1.82) is 0 Å². The average Bonchev–Trinajstić information content (AvgIpc) is 2.39. The summed E-state index contributed by atoms with van der Waals surface area (Å²) in [5.41, 5.74) is 0.840. The summed E-state index contributed by atoms with van der Waals surface area (Å²) in [5.74, 6) is -0.454. The van der Waals surface area contributed by atoms with Crippen LogP contribution in [-0.4, -0.2) is 37.3 Å². The Morgan fingerprint density at radius 3 is 2.38 bits per heavy atom. The number of benzene rings is 1. The molecule has 0 amide bonds. The number of piperazine rings is 1. The number of nitrogens with zero attached hydrogens (tertiary/aromatic N) is 1. The largest absolute Gasteiger partial charge is 0.390 e. The average molecular weight is 327 g/mol. The van der Waals surface area contributed by atoms with Crippen LogP contribution in [0.4, 0.5) is 17.6 Å². The highest BCUT2D eigenvalue weighted by Gasteiger charge is 2.36. The lowest BCUT2D eigenvalue weighted by Crippen LogP contribution is -2.46. The van der Waals surface area contributed by atoms with Crippen LogP contribution in [0.5, 0.6) is 0 Å². The first-order valence-corrected chi connectivity index (χ1v) is 6.64. The minimum atomic E-state index is -4.27. The Morgan fingerprint density at radius 2 is 1.86 bits per heavy atom. The van der Waals surface area contributed by atoms with Crippen molar-refractivity contribution in [2.45, 2.75) is 25.6 Å². The van der Waals surface area contributed by atoms with Gasteiger partial charge in [0.15, 0.2) is 0 Å². The van der Waals surface area contributed by atoms with Crippen LogP contribution in [0.15, 0.2) is 18.2 Å². The molecule has 1 aromatic carbocycles. The summed E-state index contributed by atoms with van der Waals surface area (Å²) < 4.78 is 52.0. The third-order valence-corrected chi connectivity index (χ3v) is 3.60. The summed E-state index contributed by atoms with van der Waals surface area (Å²) in [5, 5.41) is 3.11. The monoisotopic (exact) mass is 326 g/mol. The van der Waals surface area contributed by atoms with Crippen LogP contribution in [0, 0.1) is 12.7 Å². The highest BCUT2D eigenvalue weighted by molar-refractivity contribution is 5.85. The van der Waals surface area contributed by atoms with Gasteiger partial charge in [0.2, 0.25) is 0 Å². The topological polar surface area (TPSA) is 15.3 Å². The minimum absolute atomic E-state index is 0. The van der Waals surface area contributed by atoms with Crippen LogP contribution in [0.2, 0.25) is 0 Å². The van der Waals surface area contributed by atoms with Gasteiger partial charge in [0.05, 0.1) is 6.42 Å². The van der Waals surface area contributed by atoms with Crippen LogP contribution >= 0.6 is 12.4 Å². The van der Waals surface area contributed by atoms with Gasteiger partial charge in [-0.15, -0.1) is 12.4 Å². The molecule has 0 spiro atoms. The molecule has 0 bridgehead atoms. The van der Waals surface area contributed by atoms with Gasteiger partial charge in [0.25, 0.3) is 0 Å². The highest BCUT2D eigenvalue weighted by atomic mass is 35.5. The van der Waals surface area contributed by atoms with Gasteiger partial charge < -0.3 is 5.32 Å². The smallest absolute Gasteiger partial charge is 0.314 e. The molecule has 1 aromatic rings. The fraction of sp³-hybridized carbons (Fsp3) is 0.571. The second kappa shape index (κ2) is 7.42. The van der Waals surface area contributed by atoms with E-state index < -0.39 is 24.5 Å². The van der Waals surface area contributed by atoms with Crippen molar-refractivity contribution in [1.82, 2.24) is 10.2 Å². The number of alkyl halides is 3. The molecule has 0 saturated carbocycles. The summed E-state index contributed by atoms with van der Waals surface area (Å²) in [7, 11) is 0. The van der Waals surface area contributed by atoms with Crippen molar-refractivity contribution in [2.75, 3.05) is 26.2 Å². The molecule has 1 heterocycles. The van der Waals surface area contributed by atoms with Gasteiger partial charge in [-0.05, 0) is 24.1 Å². The van der Waals surface area contributed by atoms with E-state index in [1.165, 1.54) is 12.1 Å². The molecular weight excluding hydrogens is 308 g/mol. The zero-order chi connectivity index (χ0) is 14.8. The van der Waals surface area contributed by atoms with Gasteiger partial charge in [-0.25, -0.2) is 4.39 Å². The van der Waals surface area contributed by atoms with Crippen molar-refractivity contribution in [2.24, 2.45) is 0 Å². The standard InChI is InChI=1S/C14H18F4N2.ClH/c1-10-2-3-11(8-12(10)15)13(9-14(16,17)18)20-6-4-19-5-7-20;/h2-3,8,13,19H,4-7,9H2,1H3;1H/t13-;/m0./s1. The lowest BCUT2D eigenvalue weighted by atomic mass is 9.99. The Kier molecular flexibility index (Phi) is 6.43. The van der Waals surface area contributed by atoms with E-state index in [0.717, 1.165) is 0 Å². The predicted octanol–water partition coefficient (Wildman–Crippen LogP) is 3.45. The number of nitrogens with one attached hydrogen (secondary N) is 1. The predicted molar refractivity (Wildman–Crippen MR) is 76.2 cm³/mol. The van der Waals surface area contributed by atoms with E-state index in [9.17, 15) is 17.6 Å². The van der Waals surface area contributed by atoms with Crippen LogP contribution in [0.3, 0.4) is 0 Å². The van der Waals surface area contributed by atoms with Gasteiger partial charge in [0, 0.05) is 32.2 Å². The van der Waals surface area contributed by atoms with Crippen molar-refractivity contribution >= 4 is 12.4 Å². The Bertz CT molecular complexity index is 459. The summed E-state index contributed by atoms with van der Waals surface area (Å²) in [4.78, 5) is 1.77. The van der Waals surface area contributed by atoms with Gasteiger partial charge in [-0.1, -0.05) is 12.1 Å². The van der Waals surface area contributed by atoms with Crippen molar-refractivity contribution in [3.63, 3.8) is 0 Å². The van der Waals surface area contributed by atoms with Crippen LogP contribution < -0.4 is 5.32 Å². The van der Waals surface area contributed by atoms with E-state index in [0.29, 0.717) is 37.3 Å². The third-order valence-electron chi connectivity index (χ3n) is 3.60. The second-order valence-electron chi connectivity index (χ2n) is 5.13. The summed E-state index contributed by atoms with van der Waals surface area (Å²) in [6.45, 7) is 3.99. The highest BCUT2D eigenvalue weighted by Crippen LogP contribution is 2.34. The lowest BCUT2D eigenvalue weighted by molar-refractivity contribution is -0.148. The van der Waals surface area contributed by atoms with E-state index in [2.05, 4.69) is 5.32 Å². The molecule has 0 radical (unpaired) electrons. The Morgan fingerprint density at radius 1 is 1.24 bits per heavy atom. The van der Waals surface area contributed by atoms with E-state index in [1.54, 1.807) is 17.9 Å². The molecule has 1 atom stereocenters. The molecule has 21 heavy (non-hydrogen) atoms. The normalized spacial score (nSPS) is 18.1. The van der Waals surface area contributed by atoms with Crippen LogP contribution in [0.25, 0.3) is 0 Å². The quantitative estimate of drug-likeness (QED) is 0.856. The number of halogens is 5. The molecule has 1 N–H and O–H groups in total. The number of hydrogen-bond donors (Lipinski definition) is 1. The molecule has 0 aromatic heterocycles. The van der Waals surface area contributed by atoms with E-state index in [1.807, 2.05) is 0 Å². The first kappa shape index (κ1) is 18.2. The third kappa shape index (κ3) is 5.13. The molecule has 2 rings (SSSR count). The number of aryl methyl sites for hydroxylation is 1. The molecule has 7 heteroatoms. The summed E-state index contributed by atoms with van der Waals surface area (Å²) in [6, 6.07) is 3.55. The fourth-order valence-electron chi connectivity index (χ4n) is 2.49. The fourth-order valence-corrected chi connectivity index (χ4v) is 2.49. The van der Waals surface area contributed by atoms with Gasteiger partial charge in [0.1, 0.15) is 5.82 Å². The van der Waals surface area contributed by atoms with Gasteiger partial charge in [-0.2, -0.15) is 13.2 Å². The van der Waals surface area contributed by atoms with E-state index in [4.69, 9.17) is 0 Å². The molecule has 1 aliphatic heterocycles. The summed E-state index contributed by atoms with van der Waals surface area (Å²) in [6.07, 6.45) is -5.22. The zero-order valence-electron chi connectivity index (χ0n) is 11.7. The minimum Gasteiger partial charge on any atom is -0.314 e. The molecule has 1 saturated heterocycles. The first-order chi connectivity index (χ1) is 9.37. The Labute approximate surface area is 127 Å². The maximum Gasteiger partial charge on any atom is 0.390 e. The molecular formula is C14H19ClF4N2. The number of rotatable bonds is 3. The van der Waals surface area contributed by atoms with Crippen molar-refractivity contribution in [3.05, 3.63) is 35.1 Å². The second-order valence-corrected chi connectivity index (χ2v) is 5.13. The Balaban J connectivity index is 0.00000220. The molecule has 0 unspecified atom stereocenters. The van der Waals surface area contributed by atoms with E-state index in [-0.39, 0.29) is 12.4 Å². The van der Waals surface area contributed by atoms with Crippen molar-refractivity contribution in [3.8, 4) is 0 Å². The zero-order valence-corrected chi connectivity index (χ0v) is 12.5. The van der Waals surface area contributed by atoms with Crippen molar-refractivity contribution < 1.29 is 17.6 Å². The maximum absolute atomic E-state index is 13.6. The lowest BCUT2D eigenvalue weighted by Gasteiger charge is -2.35. The molecule has 2 nitrogen and oxygen atoms in total. The summed E-state index contributed by atoms with van der Waals surface area (Å²) >= 11 is 0. The van der Waals surface area contributed by atoms with E-state index >= 15 is 0 Å². The molecule has 120 valence electrons. The molecule has 1 fully saturated rings. The Hall–Kier alpha value is -0.850. The van der Waals surface area contributed by atoms with Crippen LogP contribution in [0.1, 0.15) is 23.6 Å². The molecule has 1 aliphatic rings. The molecule has 0 aliphatic carbocycles. The number of hydrogen-bond acceptors (Lipinski definition) is 2. The van der Waals surface area contributed by atoms with Gasteiger partial charge in [-0.3, -0.25) is 4.90 Å². The first-order valence-electron chi connectivity index (χ1n) is 6.64. The van der Waals surface area contributed by atoms with Crippen LogP contribution in [-0.2, 0) is 0 Å². The maximum atomic E-state index is 13.6.